The predicted molar refractivity (Wildman–Crippen MR) is 65.8 cm³/mol. The van der Waals surface area contributed by atoms with Crippen LogP contribution in [0.2, 0.25) is 0 Å². The molecular formula is C12H16N2O3. The molecule has 5 nitrogen and oxygen atoms in total. The van der Waals surface area contributed by atoms with E-state index in [1.54, 1.807) is 12.1 Å². The van der Waals surface area contributed by atoms with E-state index < -0.39 is 4.92 Å². The van der Waals surface area contributed by atoms with Gasteiger partial charge in [-0.15, -0.1) is 0 Å². The molecule has 0 spiro atoms. The Morgan fingerprint density at radius 3 is 2.82 bits per heavy atom. The van der Waals surface area contributed by atoms with E-state index in [0.29, 0.717) is 5.69 Å². The summed E-state index contributed by atoms with van der Waals surface area (Å²) in [5.74, 6) is -0.188. The second-order valence-electron chi connectivity index (χ2n) is 3.99. The molecule has 1 amide bonds. The summed E-state index contributed by atoms with van der Waals surface area (Å²) in [7, 11) is 0. The SMILES string of the molecule is CCC[C@@H](C)C(=O)Nc1cccc([N+](=O)[O-])c1. The molecule has 0 aromatic heterocycles. The van der Waals surface area contributed by atoms with Gasteiger partial charge in [-0.2, -0.15) is 0 Å². The Bertz CT molecular complexity index is 418. The molecule has 0 radical (unpaired) electrons. The van der Waals surface area contributed by atoms with E-state index in [0.717, 1.165) is 12.8 Å². The summed E-state index contributed by atoms with van der Waals surface area (Å²) < 4.78 is 0. The zero-order valence-corrected chi connectivity index (χ0v) is 9.97. The normalized spacial score (nSPS) is 11.9. The second-order valence-corrected chi connectivity index (χ2v) is 3.99. The number of hydrogen-bond donors (Lipinski definition) is 1. The standard InChI is InChI=1S/C12H16N2O3/c1-3-5-9(2)12(15)13-10-6-4-7-11(8-10)14(16)17/h4,6-9H,3,5H2,1-2H3,(H,13,15)/t9-/m1/s1. The fourth-order valence-corrected chi connectivity index (χ4v) is 1.53. The molecule has 1 atom stereocenters. The van der Waals surface area contributed by atoms with Crippen LogP contribution in [0.5, 0.6) is 0 Å². The van der Waals surface area contributed by atoms with Crippen LogP contribution in [0.25, 0.3) is 0 Å². The lowest BCUT2D eigenvalue weighted by Gasteiger charge is -2.10. The summed E-state index contributed by atoms with van der Waals surface area (Å²) in [5.41, 5.74) is 0.443. The molecule has 0 unspecified atom stereocenters. The van der Waals surface area contributed by atoms with Crippen molar-refractivity contribution in [3.63, 3.8) is 0 Å². The largest absolute Gasteiger partial charge is 0.326 e. The number of carbonyl (C=O) groups is 1. The Morgan fingerprint density at radius 2 is 2.24 bits per heavy atom. The Kier molecular flexibility index (Phi) is 4.63. The molecule has 0 aliphatic heterocycles. The molecular weight excluding hydrogens is 220 g/mol. The number of nitrogens with zero attached hydrogens (tertiary/aromatic N) is 1. The second kappa shape index (κ2) is 5.98. The summed E-state index contributed by atoms with van der Waals surface area (Å²) in [6, 6.07) is 5.95. The van der Waals surface area contributed by atoms with E-state index in [-0.39, 0.29) is 17.5 Å². The highest BCUT2D eigenvalue weighted by Gasteiger charge is 2.13. The third-order valence-corrected chi connectivity index (χ3v) is 2.49. The number of rotatable bonds is 5. The lowest BCUT2D eigenvalue weighted by molar-refractivity contribution is -0.384. The van der Waals surface area contributed by atoms with Gasteiger partial charge in [-0.25, -0.2) is 0 Å². The van der Waals surface area contributed by atoms with Crippen molar-refractivity contribution in [2.45, 2.75) is 26.7 Å². The van der Waals surface area contributed by atoms with Crippen LogP contribution in [0, 0.1) is 16.0 Å². The summed E-state index contributed by atoms with van der Waals surface area (Å²) in [6.45, 7) is 3.85. The third kappa shape index (κ3) is 3.86. The summed E-state index contributed by atoms with van der Waals surface area (Å²) >= 11 is 0. The highest BCUT2D eigenvalue weighted by Crippen LogP contribution is 2.18. The van der Waals surface area contributed by atoms with E-state index in [1.807, 2.05) is 13.8 Å². The quantitative estimate of drug-likeness (QED) is 0.631. The monoisotopic (exact) mass is 236 g/mol. The van der Waals surface area contributed by atoms with Gasteiger partial charge in [0.15, 0.2) is 0 Å². The predicted octanol–water partition coefficient (Wildman–Crippen LogP) is 2.97. The van der Waals surface area contributed by atoms with Crippen LogP contribution in [-0.2, 0) is 4.79 Å². The fourth-order valence-electron chi connectivity index (χ4n) is 1.53. The minimum absolute atomic E-state index is 0.0223. The average Bonchev–Trinajstić information content (AvgIpc) is 2.29. The van der Waals surface area contributed by atoms with Gasteiger partial charge in [0.25, 0.3) is 5.69 Å². The molecule has 1 N–H and O–H groups in total. The molecule has 1 rings (SSSR count). The number of nitro groups is 1. The number of benzene rings is 1. The average molecular weight is 236 g/mol. The van der Waals surface area contributed by atoms with Crippen LogP contribution in [0.3, 0.4) is 0 Å². The zero-order chi connectivity index (χ0) is 12.8. The molecule has 0 saturated carbocycles. The molecule has 1 aromatic rings. The van der Waals surface area contributed by atoms with Crippen molar-refractivity contribution < 1.29 is 9.72 Å². The van der Waals surface area contributed by atoms with Crippen molar-refractivity contribution in [2.75, 3.05) is 5.32 Å². The van der Waals surface area contributed by atoms with Crippen LogP contribution >= 0.6 is 0 Å². The van der Waals surface area contributed by atoms with Gasteiger partial charge in [-0.1, -0.05) is 26.3 Å². The van der Waals surface area contributed by atoms with Crippen molar-refractivity contribution in [1.29, 1.82) is 0 Å². The van der Waals surface area contributed by atoms with Crippen LogP contribution in [0.4, 0.5) is 11.4 Å². The Labute approximate surface area is 100.0 Å². The molecule has 0 heterocycles. The van der Waals surface area contributed by atoms with Gasteiger partial charge in [0, 0.05) is 23.7 Å². The number of carbonyl (C=O) groups excluding carboxylic acids is 1. The van der Waals surface area contributed by atoms with Gasteiger partial charge in [0.05, 0.1) is 4.92 Å². The molecule has 0 aliphatic carbocycles. The van der Waals surface area contributed by atoms with Crippen molar-refractivity contribution >= 4 is 17.3 Å². The first kappa shape index (κ1) is 13.2. The zero-order valence-electron chi connectivity index (χ0n) is 9.97. The van der Waals surface area contributed by atoms with Gasteiger partial charge in [0.1, 0.15) is 0 Å². The van der Waals surface area contributed by atoms with E-state index in [4.69, 9.17) is 0 Å². The van der Waals surface area contributed by atoms with Crippen LogP contribution in [0.1, 0.15) is 26.7 Å². The number of nitro benzene ring substituents is 1. The van der Waals surface area contributed by atoms with E-state index in [2.05, 4.69) is 5.32 Å². The fraction of sp³-hybridized carbons (Fsp3) is 0.417. The Balaban J connectivity index is 2.71. The number of hydrogen-bond acceptors (Lipinski definition) is 3. The molecule has 5 heteroatoms. The first-order chi connectivity index (χ1) is 8.04. The molecule has 92 valence electrons. The molecule has 0 saturated heterocycles. The molecule has 0 bridgehead atoms. The van der Waals surface area contributed by atoms with Gasteiger partial charge >= 0.3 is 0 Å². The van der Waals surface area contributed by atoms with Gasteiger partial charge in [-0.05, 0) is 12.5 Å². The van der Waals surface area contributed by atoms with Crippen molar-refractivity contribution in [3.05, 3.63) is 34.4 Å². The summed E-state index contributed by atoms with van der Waals surface area (Å²) in [6.07, 6.45) is 1.74. The minimum atomic E-state index is -0.481. The van der Waals surface area contributed by atoms with E-state index >= 15 is 0 Å². The van der Waals surface area contributed by atoms with Crippen molar-refractivity contribution in [2.24, 2.45) is 5.92 Å². The van der Waals surface area contributed by atoms with Crippen LogP contribution in [-0.4, -0.2) is 10.8 Å². The highest BCUT2D eigenvalue weighted by atomic mass is 16.6. The van der Waals surface area contributed by atoms with E-state index in [1.165, 1.54) is 12.1 Å². The van der Waals surface area contributed by atoms with Crippen molar-refractivity contribution in [1.82, 2.24) is 0 Å². The van der Waals surface area contributed by atoms with Crippen LogP contribution < -0.4 is 5.32 Å². The first-order valence-electron chi connectivity index (χ1n) is 5.60. The smallest absolute Gasteiger partial charge is 0.271 e. The first-order valence-corrected chi connectivity index (χ1v) is 5.60. The minimum Gasteiger partial charge on any atom is -0.326 e. The number of amides is 1. The molecule has 0 fully saturated rings. The molecule has 1 aromatic carbocycles. The lowest BCUT2D eigenvalue weighted by Crippen LogP contribution is -2.20. The van der Waals surface area contributed by atoms with Gasteiger partial charge in [-0.3, -0.25) is 14.9 Å². The Morgan fingerprint density at radius 1 is 1.53 bits per heavy atom. The van der Waals surface area contributed by atoms with Gasteiger partial charge < -0.3 is 5.32 Å². The maximum absolute atomic E-state index is 11.7. The van der Waals surface area contributed by atoms with Crippen molar-refractivity contribution in [3.8, 4) is 0 Å². The molecule has 0 aliphatic rings. The van der Waals surface area contributed by atoms with Crippen LogP contribution in [0.15, 0.2) is 24.3 Å². The van der Waals surface area contributed by atoms with E-state index in [9.17, 15) is 14.9 Å². The highest BCUT2D eigenvalue weighted by molar-refractivity contribution is 5.92. The summed E-state index contributed by atoms with van der Waals surface area (Å²) in [4.78, 5) is 21.8. The topological polar surface area (TPSA) is 72.2 Å². The number of anilines is 1. The molecule has 17 heavy (non-hydrogen) atoms. The lowest BCUT2D eigenvalue weighted by atomic mass is 10.1. The number of non-ortho nitro benzene ring substituents is 1. The summed E-state index contributed by atoms with van der Waals surface area (Å²) in [5, 5.41) is 13.2. The third-order valence-electron chi connectivity index (χ3n) is 2.49. The number of nitrogens with one attached hydrogen (secondary N) is 1. The maximum Gasteiger partial charge on any atom is 0.271 e. The maximum atomic E-state index is 11.7. The van der Waals surface area contributed by atoms with Gasteiger partial charge in [0.2, 0.25) is 5.91 Å². The Hall–Kier alpha value is -1.91.